The Balaban J connectivity index is 1.64. The molecule has 0 radical (unpaired) electrons. The van der Waals surface area contributed by atoms with Crippen LogP contribution in [-0.4, -0.2) is 37.7 Å². The van der Waals surface area contributed by atoms with Gasteiger partial charge in [-0.2, -0.15) is 0 Å². The second-order valence-electron chi connectivity index (χ2n) is 5.76. The van der Waals surface area contributed by atoms with Gasteiger partial charge in [-0.05, 0) is 48.0 Å². The average Bonchev–Trinajstić information content (AvgIpc) is 3.03. The molecule has 1 saturated heterocycles. The number of halogens is 1. The fourth-order valence-corrected chi connectivity index (χ4v) is 3.83. The molecule has 0 spiro atoms. The van der Waals surface area contributed by atoms with Gasteiger partial charge in [0.1, 0.15) is 29.0 Å². The van der Waals surface area contributed by atoms with Gasteiger partial charge in [0.15, 0.2) is 11.5 Å². The molecule has 0 atom stereocenters. The van der Waals surface area contributed by atoms with Gasteiger partial charge in [-0.3, -0.25) is 4.79 Å². The van der Waals surface area contributed by atoms with E-state index < -0.39 is 0 Å². The highest BCUT2D eigenvalue weighted by Gasteiger charge is 2.22. The Morgan fingerprint density at radius 2 is 1.76 bits per heavy atom. The van der Waals surface area contributed by atoms with Crippen molar-refractivity contribution in [3.05, 3.63) is 51.9 Å². The zero-order valence-corrected chi connectivity index (χ0v) is 18.1. The van der Waals surface area contributed by atoms with E-state index in [0.717, 1.165) is 5.75 Å². The minimum absolute atomic E-state index is 0.230. The Morgan fingerprint density at radius 3 is 2.38 bits per heavy atom. The first-order chi connectivity index (χ1) is 14.0. The predicted octanol–water partition coefficient (Wildman–Crippen LogP) is 4.30. The number of carbonyl (C=O) groups excluding carboxylic acids is 1. The fraction of sp³-hybridized carbons (Fsp3) is 0.200. The molecule has 1 aliphatic rings. The summed E-state index contributed by atoms with van der Waals surface area (Å²) in [6.07, 6.45) is 1.70. The van der Waals surface area contributed by atoms with Crippen molar-refractivity contribution in [1.29, 1.82) is 0 Å². The summed E-state index contributed by atoms with van der Waals surface area (Å²) in [5.74, 6) is 2.11. The highest BCUT2D eigenvalue weighted by atomic mass is 35.5. The Bertz CT molecular complexity index is 947. The largest absolute Gasteiger partial charge is 0.497 e. The maximum Gasteiger partial charge on any atom is 0.263 e. The lowest BCUT2D eigenvalue weighted by Crippen LogP contribution is -2.17. The van der Waals surface area contributed by atoms with E-state index in [2.05, 4.69) is 5.32 Å². The molecule has 1 heterocycles. The zero-order chi connectivity index (χ0) is 20.8. The molecule has 29 heavy (non-hydrogen) atoms. The minimum Gasteiger partial charge on any atom is -0.497 e. The lowest BCUT2D eigenvalue weighted by molar-refractivity contribution is -0.115. The number of carbonyl (C=O) groups is 1. The molecule has 9 heteroatoms. The second kappa shape index (κ2) is 9.87. The van der Waals surface area contributed by atoms with Crippen LogP contribution in [-0.2, 0) is 4.79 Å². The molecule has 0 saturated carbocycles. The molecule has 3 rings (SSSR count). The van der Waals surface area contributed by atoms with Crippen LogP contribution in [0.25, 0.3) is 6.08 Å². The molecule has 2 aromatic carbocycles. The van der Waals surface area contributed by atoms with Gasteiger partial charge in [-0.25, -0.2) is 0 Å². The number of ether oxygens (including phenoxy) is 4. The number of nitrogens with one attached hydrogen (secondary N) is 1. The second-order valence-corrected chi connectivity index (χ2v) is 7.88. The van der Waals surface area contributed by atoms with E-state index in [1.807, 2.05) is 24.3 Å². The molecule has 2 aromatic rings. The Hall–Kier alpha value is -2.42. The number of hydrogen-bond acceptors (Lipinski definition) is 7. The van der Waals surface area contributed by atoms with Crippen molar-refractivity contribution in [3.63, 3.8) is 0 Å². The van der Waals surface area contributed by atoms with Crippen molar-refractivity contribution >= 4 is 51.9 Å². The van der Waals surface area contributed by atoms with Gasteiger partial charge in [-0.1, -0.05) is 35.6 Å². The van der Waals surface area contributed by atoms with E-state index in [1.165, 1.54) is 18.9 Å². The fourth-order valence-electron chi connectivity index (χ4n) is 2.51. The van der Waals surface area contributed by atoms with Crippen LogP contribution in [0, 0.1) is 0 Å². The van der Waals surface area contributed by atoms with Crippen LogP contribution < -0.4 is 24.3 Å². The van der Waals surface area contributed by atoms with E-state index in [-0.39, 0.29) is 12.5 Å². The average molecular weight is 452 g/mol. The van der Waals surface area contributed by atoms with Crippen molar-refractivity contribution < 1.29 is 23.7 Å². The number of thiocarbonyl (C=S) groups is 1. The Labute approximate surface area is 183 Å². The summed E-state index contributed by atoms with van der Waals surface area (Å²) in [5.41, 5.74) is 0.705. The maximum atomic E-state index is 11.8. The van der Waals surface area contributed by atoms with Crippen molar-refractivity contribution in [3.8, 4) is 23.0 Å². The van der Waals surface area contributed by atoms with Gasteiger partial charge < -0.3 is 24.3 Å². The molecular formula is C20H18ClNO5S2. The smallest absolute Gasteiger partial charge is 0.263 e. The van der Waals surface area contributed by atoms with Gasteiger partial charge in [0.25, 0.3) is 5.91 Å². The highest BCUT2D eigenvalue weighted by Crippen LogP contribution is 2.38. The summed E-state index contributed by atoms with van der Waals surface area (Å²) in [7, 11) is 3.13. The molecule has 1 amide bonds. The molecule has 0 aliphatic carbocycles. The quantitative estimate of drug-likeness (QED) is 0.364. The standard InChI is InChI=1S/C20H18ClNO5S2/c1-24-13-3-5-14(6-4-13)26-7-8-27-18-15(21)9-12(10-16(18)25-2)11-17-19(23)22-20(28)29-17/h3-6,9-11H,7-8H2,1-2H3,(H,22,23,28). The summed E-state index contributed by atoms with van der Waals surface area (Å²) in [5, 5.41) is 2.94. The first kappa shape index (κ1) is 21.3. The van der Waals surface area contributed by atoms with Crippen LogP contribution in [0.2, 0.25) is 5.02 Å². The third kappa shape index (κ3) is 5.56. The maximum absolute atomic E-state index is 11.8. The monoisotopic (exact) mass is 451 g/mol. The van der Waals surface area contributed by atoms with E-state index in [1.54, 1.807) is 25.3 Å². The third-order valence-corrected chi connectivity index (χ3v) is 5.29. The van der Waals surface area contributed by atoms with E-state index in [4.69, 9.17) is 42.8 Å². The lowest BCUT2D eigenvalue weighted by atomic mass is 10.2. The SMILES string of the molecule is COc1ccc(OCCOc2c(Cl)cc(C=C3SC(=S)NC3=O)cc2OC)cc1. The molecule has 0 bridgehead atoms. The first-order valence-corrected chi connectivity index (χ1v) is 10.1. The molecule has 0 aromatic heterocycles. The summed E-state index contributed by atoms with van der Waals surface area (Å²) < 4.78 is 22.3. The molecular weight excluding hydrogens is 434 g/mol. The topological polar surface area (TPSA) is 66.0 Å². The highest BCUT2D eigenvalue weighted by molar-refractivity contribution is 8.26. The van der Waals surface area contributed by atoms with Gasteiger partial charge in [0.05, 0.1) is 24.1 Å². The lowest BCUT2D eigenvalue weighted by Gasteiger charge is -2.14. The van der Waals surface area contributed by atoms with Crippen LogP contribution in [0.1, 0.15) is 5.56 Å². The van der Waals surface area contributed by atoms with E-state index in [9.17, 15) is 4.79 Å². The van der Waals surface area contributed by atoms with E-state index >= 15 is 0 Å². The minimum atomic E-state index is -0.230. The normalized spacial score (nSPS) is 14.7. The van der Waals surface area contributed by atoms with Gasteiger partial charge in [-0.15, -0.1) is 0 Å². The molecule has 0 unspecified atom stereocenters. The first-order valence-electron chi connectivity index (χ1n) is 8.52. The molecule has 1 aliphatic heterocycles. The van der Waals surface area contributed by atoms with Crippen molar-refractivity contribution in [2.45, 2.75) is 0 Å². The van der Waals surface area contributed by atoms with Crippen LogP contribution in [0.3, 0.4) is 0 Å². The summed E-state index contributed by atoms with van der Waals surface area (Å²) in [6, 6.07) is 10.7. The number of benzene rings is 2. The summed E-state index contributed by atoms with van der Waals surface area (Å²) in [6.45, 7) is 0.598. The van der Waals surface area contributed by atoms with Crippen molar-refractivity contribution in [2.24, 2.45) is 0 Å². The number of hydrogen-bond donors (Lipinski definition) is 1. The third-order valence-electron chi connectivity index (χ3n) is 3.85. The van der Waals surface area contributed by atoms with Gasteiger partial charge in [0.2, 0.25) is 0 Å². The van der Waals surface area contributed by atoms with Crippen molar-refractivity contribution in [2.75, 3.05) is 27.4 Å². The molecule has 6 nitrogen and oxygen atoms in total. The molecule has 1 N–H and O–H groups in total. The van der Waals surface area contributed by atoms with Crippen LogP contribution >= 0.6 is 35.6 Å². The summed E-state index contributed by atoms with van der Waals surface area (Å²) in [4.78, 5) is 12.3. The van der Waals surface area contributed by atoms with E-state index in [0.29, 0.717) is 43.7 Å². The molecule has 152 valence electrons. The summed E-state index contributed by atoms with van der Waals surface area (Å²) >= 11 is 12.6. The number of amides is 1. The number of methoxy groups -OCH3 is 2. The zero-order valence-electron chi connectivity index (χ0n) is 15.7. The van der Waals surface area contributed by atoms with Crippen LogP contribution in [0.5, 0.6) is 23.0 Å². The Kier molecular flexibility index (Phi) is 7.24. The number of thioether (sulfide) groups is 1. The van der Waals surface area contributed by atoms with Gasteiger partial charge >= 0.3 is 0 Å². The van der Waals surface area contributed by atoms with Gasteiger partial charge in [0, 0.05) is 0 Å². The van der Waals surface area contributed by atoms with Crippen molar-refractivity contribution in [1.82, 2.24) is 5.32 Å². The van der Waals surface area contributed by atoms with Crippen LogP contribution in [0.4, 0.5) is 0 Å². The van der Waals surface area contributed by atoms with Crippen LogP contribution in [0.15, 0.2) is 41.3 Å². The molecule has 1 fully saturated rings. The number of rotatable bonds is 8. The Morgan fingerprint density at radius 1 is 1.07 bits per heavy atom. The predicted molar refractivity (Wildman–Crippen MR) is 118 cm³/mol.